The van der Waals surface area contributed by atoms with Crippen molar-refractivity contribution in [2.75, 3.05) is 18.4 Å². The van der Waals surface area contributed by atoms with Gasteiger partial charge in [0.2, 0.25) is 11.8 Å². The number of hydrogen-bond acceptors (Lipinski definition) is 4. The molecule has 0 bridgehead atoms. The summed E-state index contributed by atoms with van der Waals surface area (Å²) in [5.74, 6) is 0.368. The number of carbonyl (C=O) groups excluding carboxylic acids is 1. The van der Waals surface area contributed by atoms with E-state index in [0.717, 1.165) is 24.3 Å². The Bertz CT molecular complexity index is 618. The van der Waals surface area contributed by atoms with Crippen LogP contribution in [0.4, 0.5) is 5.88 Å². The number of hydrogen-bond donors (Lipinski definition) is 1. The molecule has 5 heteroatoms. The van der Waals surface area contributed by atoms with Crippen molar-refractivity contribution >= 4 is 11.8 Å². The first kappa shape index (κ1) is 14.8. The monoisotopic (exact) mass is 299 g/mol. The highest BCUT2D eigenvalue weighted by Crippen LogP contribution is 2.21. The van der Waals surface area contributed by atoms with Crippen LogP contribution in [0.15, 0.2) is 40.9 Å². The molecule has 2 aromatic rings. The number of amides is 1. The first-order chi connectivity index (χ1) is 10.7. The smallest absolute Gasteiger partial charge is 0.231 e. The Hall–Kier alpha value is -2.14. The van der Waals surface area contributed by atoms with Gasteiger partial charge < -0.3 is 9.42 Å². The van der Waals surface area contributed by atoms with E-state index in [1.807, 2.05) is 30.3 Å². The molecule has 116 valence electrons. The van der Waals surface area contributed by atoms with Crippen LogP contribution < -0.4 is 5.32 Å². The summed E-state index contributed by atoms with van der Waals surface area (Å²) in [7, 11) is 0. The summed E-state index contributed by atoms with van der Waals surface area (Å²) in [4.78, 5) is 14.5. The van der Waals surface area contributed by atoms with Crippen LogP contribution in [0.2, 0.25) is 0 Å². The molecule has 1 unspecified atom stereocenters. The minimum atomic E-state index is -0.0323. The summed E-state index contributed by atoms with van der Waals surface area (Å²) in [6.45, 7) is 4.28. The van der Waals surface area contributed by atoms with Crippen LogP contribution >= 0.6 is 0 Å². The van der Waals surface area contributed by atoms with E-state index in [4.69, 9.17) is 4.52 Å². The van der Waals surface area contributed by atoms with Crippen LogP contribution in [0.25, 0.3) is 11.3 Å². The molecule has 0 aliphatic carbocycles. The van der Waals surface area contributed by atoms with Crippen LogP contribution in [0.1, 0.15) is 26.2 Å². The van der Waals surface area contributed by atoms with E-state index in [2.05, 4.69) is 22.3 Å². The van der Waals surface area contributed by atoms with Crippen molar-refractivity contribution in [3.63, 3.8) is 0 Å². The molecule has 1 aliphatic heterocycles. The number of carbonyl (C=O) groups is 1. The summed E-state index contributed by atoms with van der Waals surface area (Å²) < 4.78 is 5.20. The zero-order valence-electron chi connectivity index (χ0n) is 12.8. The average Bonchev–Trinajstić information content (AvgIpc) is 3.19. The molecule has 22 heavy (non-hydrogen) atoms. The molecule has 1 amide bonds. The third kappa shape index (κ3) is 3.54. The highest BCUT2D eigenvalue weighted by atomic mass is 16.5. The van der Waals surface area contributed by atoms with Gasteiger partial charge in [0.25, 0.3) is 0 Å². The number of rotatable bonds is 5. The SMILES string of the molecule is CC(CC(=O)Nc1cc(-c2ccccc2)no1)N1CCCC1. The molecule has 1 aromatic heterocycles. The van der Waals surface area contributed by atoms with Gasteiger partial charge in [-0.15, -0.1) is 0 Å². The van der Waals surface area contributed by atoms with Gasteiger partial charge in [-0.3, -0.25) is 10.1 Å². The van der Waals surface area contributed by atoms with Crippen molar-refractivity contribution in [1.29, 1.82) is 0 Å². The van der Waals surface area contributed by atoms with Gasteiger partial charge in [-0.2, -0.15) is 0 Å². The zero-order valence-corrected chi connectivity index (χ0v) is 12.8. The van der Waals surface area contributed by atoms with Crippen molar-refractivity contribution in [3.8, 4) is 11.3 Å². The highest BCUT2D eigenvalue weighted by molar-refractivity contribution is 5.90. The van der Waals surface area contributed by atoms with E-state index in [1.165, 1.54) is 12.8 Å². The Labute approximate surface area is 130 Å². The molecule has 1 atom stereocenters. The zero-order chi connectivity index (χ0) is 15.4. The van der Waals surface area contributed by atoms with Crippen molar-refractivity contribution in [3.05, 3.63) is 36.4 Å². The number of nitrogens with zero attached hydrogens (tertiary/aromatic N) is 2. The predicted molar refractivity (Wildman–Crippen MR) is 85.5 cm³/mol. The Morgan fingerprint density at radius 2 is 2.05 bits per heavy atom. The second-order valence-corrected chi connectivity index (χ2v) is 5.79. The normalized spacial score (nSPS) is 16.6. The molecule has 1 fully saturated rings. The van der Waals surface area contributed by atoms with E-state index in [9.17, 15) is 4.79 Å². The molecular weight excluding hydrogens is 278 g/mol. The lowest BCUT2D eigenvalue weighted by atomic mass is 10.1. The molecule has 5 nitrogen and oxygen atoms in total. The maximum absolute atomic E-state index is 12.1. The van der Waals surface area contributed by atoms with Crippen LogP contribution in [-0.2, 0) is 4.79 Å². The first-order valence-corrected chi connectivity index (χ1v) is 7.78. The molecule has 1 aliphatic rings. The summed E-state index contributed by atoms with van der Waals surface area (Å²) in [6.07, 6.45) is 2.93. The van der Waals surface area contributed by atoms with Crippen molar-refractivity contribution < 1.29 is 9.32 Å². The molecule has 1 aromatic carbocycles. The van der Waals surface area contributed by atoms with E-state index >= 15 is 0 Å². The molecule has 0 radical (unpaired) electrons. The summed E-state index contributed by atoms with van der Waals surface area (Å²) >= 11 is 0. The van der Waals surface area contributed by atoms with Crippen LogP contribution in [-0.4, -0.2) is 35.1 Å². The molecule has 1 saturated heterocycles. The molecular formula is C17H21N3O2. The minimum Gasteiger partial charge on any atom is -0.338 e. The van der Waals surface area contributed by atoms with Crippen LogP contribution in [0.5, 0.6) is 0 Å². The van der Waals surface area contributed by atoms with Gasteiger partial charge in [0.1, 0.15) is 5.69 Å². The van der Waals surface area contributed by atoms with Gasteiger partial charge in [-0.05, 0) is 32.9 Å². The molecule has 1 N–H and O–H groups in total. The number of nitrogens with one attached hydrogen (secondary N) is 1. The fourth-order valence-corrected chi connectivity index (χ4v) is 2.85. The second kappa shape index (κ2) is 6.75. The van der Waals surface area contributed by atoms with Gasteiger partial charge in [0.15, 0.2) is 0 Å². The molecule has 3 rings (SSSR count). The molecule has 0 saturated carbocycles. The fourth-order valence-electron chi connectivity index (χ4n) is 2.85. The van der Waals surface area contributed by atoms with E-state index in [0.29, 0.717) is 12.3 Å². The van der Waals surface area contributed by atoms with Crippen LogP contribution in [0, 0.1) is 0 Å². The Kier molecular flexibility index (Phi) is 4.53. The van der Waals surface area contributed by atoms with Gasteiger partial charge in [-0.1, -0.05) is 35.5 Å². The maximum atomic E-state index is 12.1. The van der Waals surface area contributed by atoms with Gasteiger partial charge >= 0.3 is 0 Å². The number of aromatic nitrogens is 1. The highest BCUT2D eigenvalue weighted by Gasteiger charge is 2.21. The Morgan fingerprint density at radius 3 is 2.77 bits per heavy atom. The standard InChI is InChI=1S/C17H21N3O2/c1-13(20-9-5-6-10-20)11-16(21)18-17-12-15(19-22-17)14-7-3-2-4-8-14/h2-4,7-8,12-13H,5-6,9-11H2,1H3,(H,18,21). The topological polar surface area (TPSA) is 58.4 Å². The molecule has 2 heterocycles. The predicted octanol–water partition coefficient (Wildman–Crippen LogP) is 3.15. The van der Waals surface area contributed by atoms with Crippen molar-refractivity contribution in [2.24, 2.45) is 0 Å². The average molecular weight is 299 g/mol. The largest absolute Gasteiger partial charge is 0.338 e. The first-order valence-electron chi connectivity index (χ1n) is 7.78. The lowest BCUT2D eigenvalue weighted by molar-refractivity contribution is -0.117. The third-order valence-electron chi connectivity index (χ3n) is 4.09. The minimum absolute atomic E-state index is 0.0323. The fraction of sp³-hybridized carbons (Fsp3) is 0.412. The van der Waals surface area contributed by atoms with Gasteiger partial charge in [0, 0.05) is 24.1 Å². The van der Waals surface area contributed by atoms with Crippen molar-refractivity contribution in [1.82, 2.24) is 10.1 Å². The van der Waals surface area contributed by atoms with E-state index < -0.39 is 0 Å². The Morgan fingerprint density at radius 1 is 1.32 bits per heavy atom. The van der Waals surface area contributed by atoms with Gasteiger partial charge in [-0.25, -0.2) is 0 Å². The number of anilines is 1. The lowest BCUT2D eigenvalue weighted by Crippen LogP contribution is -2.33. The van der Waals surface area contributed by atoms with Crippen molar-refractivity contribution in [2.45, 2.75) is 32.2 Å². The summed E-state index contributed by atoms with van der Waals surface area (Å²) in [5, 5.41) is 6.79. The summed E-state index contributed by atoms with van der Waals surface area (Å²) in [6, 6.07) is 11.8. The van der Waals surface area contributed by atoms with E-state index in [1.54, 1.807) is 6.07 Å². The van der Waals surface area contributed by atoms with Gasteiger partial charge in [0.05, 0.1) is 0 Å². The lowest BCUT2D eigenvalue weighted by Gasteiger charge is -2.22. The van der Waals surface area contributed by atoms with E-state index in [-0.39, 0.29) is 11.9 Å². The van der Waals surface area contributed by atoms with Crippen LogP contribution in [0.3, 0.4) is 0 Å². The third-order valence-corrected chi connectivity index (χ3v) is 4.09. The number of benzene rings is 1. The summed E-state index contributed by atoms with van der Waals surface area (Å²) in [5.41, 5.74) is 1.70. The number of likely N-dealkylation sites (tertiary alicyclic amines) is 1. The maximum Gasteiger partial charge on any atom is 0.231 e. The second-order valence-electron chi connectivity index (χ2n) is 5.79. The quantitative estimate of drug-likeness (QED) is 0.921. The Balaban J connectivity index is 1.57. The molecule has 0 spiro atoms.